The lowest BCUT2D eigenvalue weighted by atomic mass is 10.1. The van der Waals surface area contributed by atoms with Crippen molar-refractivity contribution in [2.45, 2.75) is 102 Å². The molecule has 0 radical (unpaired) electrons. The number of hydrogen-bond acceptors (Lipinski definition) is 7. The van der Waals surface area contributed by atoms with E-state index in [0.717, 1.165) is 44.9 Å². The number of carbonyl (C=O) groups is 6. The van der Waals surface area contributed by atoms with E-state index in [-0.39, 0.29) is 43.6 Å². The summed E-state index contributed by atoms with van der Waals surface area (Å²) in [6.45, 7) is 2.89. The number of carboxylic acid groups (broad SMARTS) is 3. The third kappa shape index (κ3) is 17.4. The van der Waals surface area contributed by atoms with Gasteiger partial charge in [-0.3, -0.25) is 14.4 Å². The maximum absolute atomic E-state index is 12.2. The second kappa shape index (κ2) is 21.5. The first-order chi connectivity index (χ1) is 20.5. The summed E-state index contributed by atoms with van der Waals surface area (Å²) in [5.41, 5.74) is 0.210. The largest absolute Gasteiger partial charge is 0.494 e. The van der Waals surface area contributed by atoms with Crippen molar-refractivity contribution in [1.82, 2.24) is 16.0 Å². The first kappa shape index (κ1) is 36.9. The van der Waals surface area contributed by atoms with Crippen LogP contribution in [-0.2, 0) is 24.0 Å². The molecule has 3 amide bonds. The number of rotatable bonds is 24. The van der Waals surface area contributed by atoms with Gasteiger partial charge < -0.3 is 36.0 Å². The standard InChI is InChI=1S/C30H45N3O10/c1-2-19-31-25(34)17-15-23(29(39)40)33-27(36)18-16-24(30(41)42)32-26(35)10-8-6-4-3-5-7-9-20-43-22-13-11-21(12-14-22)28(37)38/h11-14,23-24H,2-10,15-20H2,1H3,(H,31,34)(H,32,35)(H,33,36)(H,37,38)(H,39,40)(H,41,42)/t23-,24-/m0/s1. The van der Waals surface area contributed by atoms with E-state index in [1.807, 2.05) is 6.92 Å². The minimum absolute atomic E-state index is 0.0752. The molecule has 0 unspecified atom stereocenters. The fourth-order valence-corrected chi connectivity index (χ4v) is 4.11. The molecular weight excluding hydrogens is 562 g/mol. The number of carbonyl (C=O) groups excluding carboxylic acids is 3. The molecule has 0 aliphatic heterocycles. The molecule has 43 heavy (non-hydrogen) atoms. The molecule has 0 aliphatic rings. The maximum atomic E-state index is 12.2. The number of hydrogen-bond donors (Lipinski definition) is 6. The van der Waals surface area contributed by atoms with Crippen molar-refractivity contribution in [3.8, 4) is 5.75 Å². The van der Waals surface area contributed by atoms with E-state index in [1.54, 1.807) is 12.1 Å². The third-order valence-electron chi connectivity index (χ3n) is 6.58. The first-order valence-corrected chi connectivity index (χ1v) is 14.8. The monoisotopic (exact) mass is 607 g/mol. The Kier molecular flexibility index (Phi) is 18.5. The fraction of sp³-hybridized carbons (Fsp3) is 0.600. The predicted octanol–water partition coefficient (Wildman–Crippen LogP) is 3.11. The second-order valence-corrected chi connectivity index (χ2v) is 10.2. The van der Waals surface area contributed by atoms with Crippen molar-refractivity contribution in [1.29, 1.82) is 0 Å². The van der Waals surface area contributed by atoms with Crippen molar-refractivity contribution in [2.24, 2.45) is 0 Å². The number of nitrogens with one attached hydrogen (secondary N) is 3. The van der Waals surface area contributed by atoms with Gasteiger partial charge in [0.05, 0.1) is 12.2 Å². The van der Waals surface area contributed by atoms with Crippen molar-refractivity contribution < 1.29 is 48.8 Å². The molecule has 0 aliphatic carbocycles. The van der Waals surface area contributed by atoms with Gasteiger partial charge in [0.15, 0.2) is 0 Å². The summed E-state index contributed by atoms with van der Waals surface area (Å²) in [7, 11) is 0. The predicted molar refractivity (Wildman–Crippen MR) is 157 cm³/mol. The molecular formula is C30H45N3O10. The van der Waals surface area contributed by atoms with Gasteiger partial charge >= 0.3 is 17.9 Å². The second-order valence-electron chi connectivity index (χ2n) is 10.2. The van der Waals surface area contributed by atoms with Crippen molar-refractivity contribution >= 4 is 35.6 Å². The van der Waals surface area contributed by atoms with Gasteiger partial charge in [-0.2, -0.15) is 0 Å². The average Bonchev–Trinajstić information content (AvgIpc) is 2.97. The van der Waals surface area contributed by atoms with E-state index in [1.165, 1.54) is 12.1 Å². The molecule has 1 aromatic carbocycles. The van der Waals surface area contributed by atoms with Crippen LogP contribution in [0.3, 0.4) is 0 Å². The number of unbranched alkanes of at least 4 members (excludes halogenated alkanes) is 6. The molecule has 0 spiro atoms. The summed E-state index contributed by atoms with van der Waals surface area (Å²) in [4.78, 5) is 70.0. The summed E-state index contributed by atoms with van der Waals surface area (Å²) < 4.78 is 5.61. The first-order valence-electron chi connectivity index (χ1n) is 14.8. The molecule has 240 valence electrons. The van der Waals surface area contributed by atoms with E-state index in [2.05, 4.69) is 16.0 Å². The zero-order chi connectivity index (χ0) is 32.0. The van der Waals surface area contributed by atoms with Crippen molar-refractivity contribution in [3.63, 3.8) is 0 Å². The van der Waals surface area contributed by atoms with E-state index >= 15 is 0 Å². The van der Waals surface area contributed by atoms with Crippen molar-refractivity contribution in [3.05, 3.63) is 29.8 Å². The van der Waals surface area contributed by atoms with Crippen LogP contribution in [0, 0.1) is 0 Å². The molecule has 1 rings (SSSR count). The number of amides is 3. The Bertz CT molecular complexity index is 1050. The quantitative estimate of drug-likeness (QED) is 0.0946. The van der Waals surface area contributed by atoms with Crippen LogP contribution in [-0.4, -0.2) is 76.2 Å². The van der Waals surface area contributed by atoms with Crippen LogP contribution in [0.25, 0.3) is 0 Å². The fourth-order valence-electron chi connectivity index (χ4n) is 4.11. The van der Waals surface area contributed by atoms with Crippen LogP contribution in [0.2, 0.25) is 0 Å². The highest BCUT2D eigenvalue weighted by Crippen LogP contribution is 2.14. The van der Waals surface area contributed by atoms with Gasteiger partial charge in [-0.15, -0.1) is 0 Å². The molecule has 13 nitrogen and oxygen atoms in total. The smallest absolute Gasteiger partial charge is 0.335 e. The van der Waals surface area contributed by atoms with E-state index in [9.17, 15) is 39.0 Å². The van der Waals surface area contributed by atoms with Gasteiger partial charge in [-0.1, -0.05) is 39.0 Å². The Morgan fingerprint density at radius 2 is 1.16 bits per heavy atom. The number of benzene rings is 1. The number of aliphatic carboxylic acids is 2. The Morgan fingerprint density at radius 3 is 1.67 bits per heavy atom. The van der Waals surface area contributed by atoms with Crippen LogP contribution in [0.15, 0.2) is 24.3 Å². The lowest BCUT2D eigenvalue weighted by molar-refractivity contribution is -0.143. The molecule has 0 fully saturated rings. The van der Waals surface area contributed by atoms with E-state index < -0.39 is 41.8 Å². The van der Waals surface area contributed by atoms with E-state index in [4.69, 9.17) is 9.84 Å². The minimum atomic E-state index is -1.30. The van der Waals surface area contributed by atoms with E-state index in [0.29, 0.717) is 25.3 Å². The highest BCUT2D eigenvalue weighted by atomic mass is 16.5. The molecule has 1 aromatic rings. The normalized spacial score (nSPS) is 12.0. The molecule has 13 heteroatoms. The van der Waals surface area contributed by atoms with Gasteiger partial charge in [-0.25, -0.2) is 14.4 Å². The zero-order valence-electron chi connectivity index (χ0n) is 24.8. The summed E-state index contributed by atoms with van der Waals surface area (Å²) in [5, 5.41) is 35.0. The molecule has 0 bridgehead atoms. The van der Waals surface area contributed by atoms with Gasteiger partial charge in [0, 0.05) is 25.8 Å². The summed E-state index contributed by atoms with van der Waals surface area (Å²) in [6, 6.07) is 3.70. The molecule has 0 saturated carbocycles. The maximum Gasteiger partial charge on any atom is 0.335 e. The molecule has 2 atom stereocenters. The van der Waals surface area contributed by atoms with Gasteiger partial charge in [-0.05, 0) is 56.4 Å². The van der Waals surface area contributed by atoms with Crippen LogP contribution in [0.1, 0.15) is 101 Å². The van der Waals surface area contributed by atoms with Crippen LogP contribution < -0.4 is 20.7 Å². The SMILES string of the molecule is CCCNC(=O)CC[C@H](NC(=O)CC[C@H](NC(=O)CCCCCCCCCOc1ccc(C(=O)O)cc1)C(=O)O)C(=O)O. The van der Waals surface area contributed by atoms with Crippen LogP contribution >= 0.6 is 0 Å². The number of aromatic carboxylic acids is 1. The lowest BCUT2D eigenvalue weighted by Crippen LogP contribution is -2.44. The van der Waals surface area contributed by atoms with Gasteiger partial charge in [0.25, 0.3) is 0 Å². The van der Waals surface area contributed by atoms with Gasteiger partial charge in [0.2, 0.25) is 17.7 Å². The average molecular weight is 608 g/mol. The summed E-state index contributed by atoms with van der Waals surface area (Å²) in [6.07, 6.45) is 6.39. The zero-order valence-corrected chi connectivity index (χ0v) is 24.8. The number of carboxylic acids is 3. The Morgan fingerprint density at radius 1 is 0.674 bits per heavy atom. The minimum Gasteiger partial charge on any atom is -0.494 e. The lowest BCUT2D eigenvalue weighted by Gasteiger charge is -2.17. The highest BCUT2D eigenvalue weighted by Gasteiger charge is 2.24. The molecule has 0 aromatic heterocycles. The molecule has 6 N–H and O–H groups in total. The molecule has 0 heterocycles. The Balaban J connectivity index is 2.19. The highest BCUT2D eigenvalue weighted by molar-refractivity contribution is 5.88. The van der Waals surface area contributed by atoms with Crippen LogP contribution in [0.4, 0.5) is 0 Å². The Labute approximate surface area is 251 Å². The Hall–Kier alpha value is -4.16. The topological polar surface area (TPSA) is 208 Å². The molecule has 0 saturated heterocycles. The van der Waals surface area contributed by atoms with Gasteiger partial charge in [0.1, 0.15) is 17.8 Å². The summed E-state index contributed by atoms with van der Waals surface area (Å²) in [5.74, 6) is -4.36. The van der Waals surface area contributed by atoms with Crippen LogP contribution in [0.5, 0.6) is 5.75 Å². The summed E-state index contributed by atoms with van der Waals surface area (Å²) >= 11 is 0. The van der Waals surface area contributed by atoms with Crippen molar-refractivity contribution in [2.75, 3.05) is 13.2 Å². The number of ether oxygens (including phenoxy) is 1. The third-order valence-corrected chi connectivity index (χ3v) is 6.58.